The van der Waals surface area contributed by atoms with E-state index in [-0.39, 0.29) is 0 Å². The largest absolute Gasteiger partial charge is 0.399 e. The molecular weight excluding hydrogens is 268 g/mol. The molecule has 92 valence electrons. The van der Waals surface area contributed by atoms with E-state index in [1.165, 1.54) is 11.8 Å². The molecule has 0 aliphatic rings. The van der Waals surface area contributed by atoms with Gasteiger partial charge in [0.2, 0.25) is 5.91 Å². The van der Waals surface area contributed by atoms with Crippen molar-refractivity contribution in [2.45, 2.75) is 9.79 Å². The van der Waals surface area contributed by atoms with Crippen LogP contribution in [-0.2, 0) is 0 Å². The lowest BCUT2D eigenvalue weighted by Gasteiger charge is -2.07. The van der Waals surface area contributed by atoms with E-state index in [2.05, 4.69) is 0 Å². The summed E-state index contributed by atoms with van der Waals surface area (Å²) >= 11 is 7.34. The number of benzene rings is 2. The molecule has 5 heteroatoms. The first kappa shape index (κ1) is 12.8. The summed E-state index contributed by atoms with van der Waals surface area (Å²) in [7, 11) is 0. The summed E-state index contributed by atoms with van der Waals surface area (Å²) in [4.78, 5) is 13.1. The molecule has 0 aliphatic carbocycles. The third-order valence-corrected chi connectivity index (χ3v) is 3.59. The van der Waals surface area contributed by atoms with Gasteiger partial charge < -0.3 is 11.5 Å². The zero-order valence-corrected chi connectivity index (χ0v) is 11.0. The van der Waals surface area contributed by atoms with Gasteiger partial charge in [-0.2, -0.15) is 0 Å². The molecule has 0 fully saturated rings. The van der Waals surface area contributed by atoms with Crippen molar-refractivity contribution in [3.8, 4) is 0 Å². The SMILES string of the molecule is NC(=O)c1cc(N)ccc1Sc1cccc(Cl)c1. The van der Waals surface area contributed by atoms with Gasteiger partial charge in [0.05, 0.1) is 5.56 Å². The number of nitrogen functional groups attached to an aromatic ring is 1. The van der Waals surface area contributed by atoms with E-state index in [0.717, 1.165) is 9.79 Å². The summed E-state index contributed by atoms with van der Waals surface area (Å²) in [5, 5.41) is 0.649. The van der Waals surface area contributed by atoms with Gasteiger partial charge in [0.1, 0.15) is 0 Å². The fourth-order valence-corrected chi connectivity index (χ4v) is 2.73. The number of halogens is 1. The van der Waals surface area contributed by atoms with E-state index < -0.39 is 5.91 Å². The first-order chi connectivity index (χ1) is 8.56. The van der Waals surface area contributed by atoms with E-state index in [9.17, 15) is 4.79 Å². The first-order valence-corrected chi connectivity index (χ1v) is 6.38. The van der Waals surface area contributed by atoms with Crippen molar-refractivity contribution in [2.75, 3.05) is 5.73 Å². The normalized spacial score (nSPS) is 10.3. The van der Waals surface area contributed by atoms with Crippen LogP contribution < -0.4 is 11.5 Å². The minimum Gasteiger partial charge on any atom is -0.399 e. The number of amides is 1. The highest BCUT2D eigenvalue weighted by Gasteiger charge is 2.10. The van der Waals surface area contributed by atoms with Gasteiger partial charge in [-0.1, -0.05) is 29.4 Å². The molecule has 0 saturated heterocycles. The maximum absolute atomic E-state index is 11.4. The highest BCUT2D eigenvalue weighted by Crippen LogP contribution is 2.32. The predicted octanol–water partition coefficient (Wildman–Crippen LogP) is 3.17. The van der Waals surface area contributed by atoms with Crippen molar-refractivity contribution < 1.29 is 4.79 Å². The van der Waals surface area contributed by atoms with Crippen LogP contribution in [0.15, 0.2) is 52.3 Å². The maximum Gasteiger partial charge on any atom is 0.249 e. The Kier molecular flexibility index (Phi) is 3.79. The molecule has 0 spiro atoms. The fourth-order valence-electron chi connectivity index (χ4n) is 1.49. The average Bonchev–Trinajstić information content (AvgIpc) is 2.31. The summed E-state index contributed by atoms with van der Waals surface area (Å²) in [5.74, 6) is -0.494. The van der Waals surface area contributed by atoms with Crippen LogP contribution in [-0.4, -0.2) is 5.91 Å². The Morgan fingerprint density at radius 2 is 1.94 bits per heavy atom. The van der Waals surface area contributed by atoms with Crippen molar-refractivity contribution >= 4 is 35.0 Å². The van der Waals surface area contributed by atoms with Crippen LogP contribution in [0.4, 0.5) is 5.69 Å². The third-order valence-electron chi connectivity index (χ3n) is 2.29. The Bertz CT molecular complexity index is 601. The molecule has 0 unspecified atom stereocenters. The van der Waals surface area contributed by atoms with Crippen molar-refractivity contribution in [3.05, 3.63) is 53.1 Å². The molecule has 0 radical (unpaired) electrons. The van der Waals surface area contributed by atoms with E-state index in [4.69, 9.17) is 23.1 Å². The van der Waals surface area contributed by atoms with Gasteiger partial charge in [-0.25, -0.2) is 0 Å². The number of carbonyl (C=O) groups excluding carboxylic acids is 1. The topological polar surface area (TPSA) is 69.1 Å². The number of carbonyl (C=O) groups is 1. The average molecular weight is 279 g/mol. The van der Waals surface area contributed by atoms with Crippen molar-refractivity contribution in [2.24, 2.45) is 5.73 Å². The second-order valence-corrected chi connectivity index (χ2v) is 5.23. The summed E-state index contributed by atoms with van der Waals surface area (Å²) in [6, 6.07) is 12.5. The van der Waals surface area contributed by atoms with Gasteiger partial charge in [-0.3, -0.25) is 4.79 Å². The number of rotatable bonds is 3. The second-order valence-electron chi connectivity index (χ2n) is 3.68. The molecule has 3 nitrogen and oxygen atoms in total. The summed E-state index contributed by atoms with van der Waals surface area (Å²) < 4.78 is 0. The van der Waals surface area contributed by atoms with Gasteiger partial charge >= 0.3 is 0 Å². The van der Waals surface area contributed by atoms with Crippen LogP contribution in [0, 0.1) is 0 Å². The van der Waals surface area contributed by atoms with Crippen LogP contribution in [0.1, 0.15) is 10.4 Å². The number of primary amides is 1. The van der Waals surface area contributed by atoms with Crippen LogP contribution in [0.2, 0.25) is 5.02 Å². The zero-order chi connectivity index (χ0) is 13.1. The zero-order valence-electron chi connectivity index (χ0n) is 9.39. The fraction of sp³-hybridized carbons (Fsp3) is 0. The molecule has 4 N–H and O–H groups in total. The molecule has 0 aromatic heterocycles. The lowest BCUT2D eigenvalue weighted by atomic mass is 10.2. The second kappa shape index (κ2) is 5.33. The lowest BCUT2D eigenvalue weighted by molar-refractivity contribution is 0.0997. The van der Waals surface area contributed by atoms with Gasteiger partial charge in [-0.05, 0) is 36.4 Å². The number of nitrogens with two attached hydrogens (primary N) is 2. The van der Waals surface area contributed by atoms with Crippen LogP contribution in [0.5, 0.6) is 0 Å². The minimum absolute atomic E-state index is 0.417. The van der Waals surface area contributed by atoms with E-state index in [1.807, 2.05) is 18.2 Å². The highest BCUT2D eigenvalue weighted by molar-refractivity contribution is 7.99. The van der Waals surface area contributed by atoms with Crippen LogP contribution in [0.3, 0.4) is 0 Å². The number of hydrogen-bond acceptors (Lipinski definition) is 3. The highest BCUT2D eigenvalue weighted by atomic mass is 35.5. The molecule has 2 aromatic carbocycles. The third kappa shape index (κ3) is 2.97. The Morgan fingerprint density at radius 1 is 1.17 bits per heavy atom. The van der Waals surface area contributed by atoms with Gasteiger partial charge in [-0.15, -0.1) is 0 Å². The van der Waals surface area contributed by atoms with E-state index in [1.54, 1.807) is 24.3 Å². The Labute approximate surface area is 114 Å². The predicted molar refractivity (Wildman–Crippen MR) is 74.9 cm³/mol. The Hall–Kier alpha value is -1.65. The molecule has 1 amide bonds. The quantitative estimate of drug-likeness (QED) is 0.847. The van der Waals surface area contributed by atoms with Crippen molar-refractivity contribution in [1.82, 2.24) is 0 Å². The molecule has 0 atom stereocenters. The van der Waals surface area contributed by atoms with E-state index in [0.29, 0.717) is 16.3 Å². The van der Waals surface area contributed by atoms with Gasteiger partial charge in [0.15, 0.2) is 0 Å². The molecular formula is C13H11ClN2OS. The summed E-state index contributed by atoms with van der Waals surface area (Å²) in [6.07, 6.45) is 0. The first-order valence-electron chi connectivity index (χ1n) is 5.19. The number of anilines is 1. The molecule has 2 rings (SSSR count). The molecule has 0 heterocycles. The molecule has 0 saturated carbocycles. The standard InChI is InChI=1S/C13H11ClN2OS/c14-8-2-1-3-10(6-8)18-12-5-4-9(15)7-11(12)13(16)17/h1-7H,15H2,(H2,16,17). The Morgan fingerprint density at radius 3 is 2.61 bits per heavy atom. The van der Waals surface area contributed by atoms with Crippen LogP contribution >= 0.6 is 23.4 Å². The molecule has 18 heavy (non-hydrogen) atoms. The smallest absolute Gasteiger partial charge is 0.249 e. The number of hydrogen-bond donors (Lipinski definition) is 2. The Balaban J connectivity index is 2.37. The monoisotopic (exact) mass is 278 g/mol. The lowest BCUT2D eigenvalue weighted by Crippen LogP contribution is -2.12. The summed E-state index contributed by atoms with van der Waals surface area (Å²) in [6.45, 7) is 0. The molecule has 0 bridgehead atoms. The molecule has 2 aromatic rings. The van der Waals surface area contributed by atoms with Crippen LogP contribution in [0.25, 0.3) is 0 Å². The van der Waals surface area contributed by atoms with Gasteiger partial charge in [0.25, 0.3) is 0 Å². The van der Waals surface area contributed by atoms with Crippen molar-refractivity contribution in [3.63, 3.8) is 0 Å². The van der Waals surface area contributed by atoms with Gasteiger partial charge in [0, 0.05) is 20.5 Å². The minimum atomic E-state index is -0.494. The van der Waals surface area contributed by atoms with E-state index >= 15 is 0 Å². The molecule has 0 aliphatic heterocycles. The summed E-state index contributed by atoms with van der Waals surface area (Å²) in [5.41, 5.74) is 11.9. The van der Waals surface area contributed by atoms with Crippen molar-refractivity contribution in [1.29, 1.82) is 0 Å². The maximum atomic E-state index is 11.4.